The van der Waals surface area contributed by atoms with Gasteiger partial charge >= 0.3 is 0 Å². The first-order chi connectivity index (χ1) is 10.4. The highest BCUT2D eigenvalue weighted by molar-refractivity contribution is 5.44. The number of nitrogens with one attached hydrogen (secondary N) is 1. The Balaban J connectivity index is 1.50. The predicted octanol–water partition coefficient (Wildman–Crippen LogP) is 4.35. The predicted molar refractivity (Wildman–Crippen MR) is 88.9 cm³/mol. The lowest BCUT2D eigenvalue weighted by Crippen LogP contribution is -2.42. The van der Waals surface area contributed by atoms with E-state index in [4.69, 9.17) is 0 Å². The van der Waals surface area contributed by atoms with E-state index in [1.165, 1.54) is 77.0 Å². The fourth-order valence-corrected chi connectivity index (χ4v) is 4.86. The van der Waals surface area contributed by atoms with Crippen LogP contribution in [0.2, 0.25) is 0 Å². The van der Waals surface area contributed by atoms with E-state index >= 15 is 0 Å². The third kappa shape index (κ3) is 2.90. The zero-order valence-electron chi connectivity index (χ0n) is 13.3. The topological polar surface area (TPSA) is 12.0 Å². The molecule has 114 valence electrons. The molecule has 0 heterocycles. The minimum atomic E-state index is 0.744. The van der Waals surface area contributed by atoms with Crippen molar-refractivity contribution in [1.82, 2.24) is 5.32 Å². The molecule has 1 nitrogen and oxygen atoms in total. The normalized spacial score (nSPS) is 26.2. The first-order valence-electron chi connectivity index (χ1n) is 9.29. The molecule has 3 aliphatic carbocycles. The van der Waals surface area contributed by atoms with E-state index in [9.17, 15) is 0 Å². The summed E-state index contributed by atoms with van der Waals surface area (Å²) in [6.45, 7) is 0. The molecule has 0 aromatic heterocycles. The first kappa shape index (κ1) is 13.8. The van der Waals surface area contributed by atoms with E-state index in [1.807, 2.05) is 0 Å². The third-order valence-electron chi connectivity index (χ3n) is 6.04. The Bertz CT molecular complexity index is 499. The molecular formula is C20H29N. The lowest BCUT2D eigenvalue weighted by atomic mass is 9.79. The molecule has 0 spiro atoms. The molecule has 21 heavy (non-hydrogen) atoms. The number of hydrogen-bond acceptors (Lipinski definition) is 1. The van der Waals surface area contributed by atoms with E-state index in [-0.39, 0.29) is 0 Å². The van der Waals surface area contributed by atoms with Crippen LogP contribution >= 0.6 is 0 Å². The van der Waals surface area contributed by atoms with Gasteiger partial charge in [-0.3, -0.25) is 0 Å². The van der Waals surface area contributed by atoms with Crippen molar-refractivity contribution < 1.29 is 0 Å². The van der Waals surface area contributed by atoms with Crippen LogP contribution in [-0.4, -0.2) is 12.1 Å². The Labute approximate surface area is 129 Å². The van der Waals surface area contributed by atoms with Crippen molar-refractivity contribution in [2.75, 3.05) is 0 Å². The molecule has 1 aromatic rings. The number of rotatable bonds is 2. The second-order valence-electron chi connectivity index (χ2n) is 7.49. The van der Waals surface area contributed by atoms with Crippen molar-refractivity contribution in [3.8, 4) is 0 Å². The smallest absolute Gasteiger partial charge is 0.0113 e. The standard InChI is InChI=1S/C20H29N/c1-2-7-17(8-3-1)21-18-13-12-16-11-10-15-6-4-5-9-19(15)20(16)14-18/h10-11,17-18,21H,1-9,12-14H2. The van der Waals surface area contributed by atoms with Gasteiger partial charge in [-0.1, -0.05) is 31.4 Å². The summed E-state index contributed by atoms with van der Waals surface area (Å²) in [5.41, 5.74) is 6.82. The maximum absolute atomic E-state index is 4.01. The van der Waals surface area contributed by atoms with Crippen LogP contribution in [-0.2, 0) is 25.7 Å². The minimum absolute atomic E-state index is 0.744. The van der Waals surface area contributed by atoms with Crippen molar-refractivity contribution in [3.63, 3.8) is 0 Å². The summed E-state index contributed by atoms with van der Waals surface area (Å²) in [5.74, 6) is 0. The maximum atomic E-state index is 4.01. The van der Waals surface area contributed by atoms with E-state index < -0.39 is 0 Å². The average molecular weight is 283 g/mol. The average Bonchev–Trinajstić information content (AvgIpc) is 2.56. The largest absolute Gasteiger partial charge is 0.311 e. The molecule has 0 amide bonds. The number of hydrogen-bond donors (Lipinski definition) is 1. The second-order valence-corrected chi connectivity index (χ2v) is 7.49. The summed E-state index contributed by atoms with van der Waals surface area (Å²) >= 11 is 0. The molecule has 1 aromatic carbocycles. The van der Waals surface area contributed by atoms with Gasteiger partial charge in [-0.15, -0.1) is 0 Å². The van der Waals surface area contributed by atoms with E-state index in [0.717, 1.165) is 12.1 Å². The Kier molecular flexibility index (Phi) is 4.03. The molecule has 1 N–H and O–H groups in total. The van der Waals surface area contributed by atoms with Gasteiger partial charge in [-0.05, 0) is 80.0 Å². The molecule has 3 aliphatic rings. The van der Waals surface area contributed by atoms with Crippen LogP contribution in [0.1, 0.15) is 73.6 Å². The van der Waals surface area contributed by atoms with Gasteiger partial charge < -0.3 is 5.32 Å². The van der Waals surface area contributed by atoms with Gasteiger partial charge in [0.2, 0.25) is 0 Å². The Morgan fingerprint density at radius 1 is 0.667 bits per heavy atom. The summed E-state index contributed by atoms with van der Waals surface area (Å²) in [4.78, 5) is 0. The van der Waals surface area contributed by atoms with E-state index in [0.29, 0.717) is 0 Å². The summed E-state index contributed by atoms with van der Waals surface area (Å²) < 4.78 is 0. The molecule has 1 atom stereocenters. The van der Waals surface area contributed by atoms with Crippen molar-refractivity contribution in [2.45, 2.75) is 89.1 Å². The van der Waals surface area contributed by atoms with Gasteiger partial charge in [0.05, 0.1) is 0 Å². The number of aryl methyl sites for hydroxylation is 2. The van der Waals surface area contributed by atoms with Gasteiger partial charge in [-0.2, -0.15) is 0 Å². The summed E-state index contributed by atoms with van der Waals surface area (Å²) in [6.07, 6.45) is 16.6. The molecule has 0 aliphatic heterocycles. The lowest BCUT2D eigenvalue weighted by molar-refractivity contribution is 0.320. The van der Waals surface area contributed by atoms with Gasteiger partial charge in [0.1, 0.15) is 0 Å². The molecule has 1 heteroatoms. The highest BCUT2D eigenvalue weighted by atomic mass is 15.0. The molecule has 4 rings (SSSR count). The van der Waals surface area contributed by atoms with E-state index in [1.54, 1.807) is 22.3 Å². The highest BCUT2D eigenvalue weighted by Gasteiger charge is 2.25. The molecule has 1 saturated carbocycles. The SMILES string of the molecule is c1cc2c(c3c1CCCC3)CC(NC1CCCCC1)CC2. The zero-order valence-corrected chi connectivity index (χ0v) is 13.3. The fraction of sp³-hybridized carbons (Fsp3) is 0.700. The van der Waals surface area contributed by atoms with Gasteiger partial charge in [0.25, 0.3) is 0 Å². The maximum Gasteiger partial charge on any atom is 0.0113 e. The van der Waals surface area contributed by atoms with Crippen LogP contribution in [0.5, 0.6) is 0 Å². The van der Waals surface area contributed by atoms with Crippen LogP contribution in [0, 0.1) is 0 Å². The molecule has 0 bridgehead atoms. The van der Waals surface area contributed by atoms with Gasteiger partial charge in [-0.25, -0.2) is 0 Å². The van der Waals surface area contributed by atoms with Crippen LogP contribution in [0.15, 0.2) is 12.1 Å². The summed E-state index contributed by atoms with van der Waals surface area (Å²) in [6, 6.07) is 6.43. The van der Waals surface area contributed by atoms with Gasteiger partial charge in [0, 0.05) is 12.1 Å². The quantitative estimate of drug-likeness (QED) is 0.851. The molecule has 1 fully saturated rings. The third-order valence-corrected chi connectivity index (χ3v) is 6.04. The number of benzene rings is 1. The fourth-order valence-electron chi connectivity index (χ4n) is 4.86. The molecule has 1 unspecified atom stereocenters. The van der Waals surface area contributed by atoms with Crippen molar-refractivity contribution in [1.29, 1.82) is 0 Å². The van der Waals surface area contributed by atoms with E-state index in [2.05, 4.69) is 17.4 Å². The monoisotopic (exact) mass is 283 g/mol. The van der Waals surface area contributed by atoms with Crippen molar-refractivity contribution in [3.05, 3.63) is 34.4 Å². The summed E-state index contributed by atoms with van der Waals surface area (Å²) in [5, 5.41) is 4.01. The number of fused-ring (bicyclic) bond motifs is 3. The van der Waals surface area contributed by atoms with Gasteiger partial charge in [0.15, 0.2) is 0 Å². The molecular weight excluding hydrogens is 254 g/mol. The zero-order chi connectivity index (χ0) is 14.1. The Hall–Kier alpha value is -0.820. The van der Waals surface area contributed by atoms with Crippen LogP contribution in [0.4, 0.5) is 0 Å². The lowest BCUT2D eigenvalue weighted by Gasteiger charge is -2.34. The van der Waals surface area contributed by atoms with Crippen molar-refractivity contribution in [2.24, 2.45) is 0 Å². The summed E-state index contributed by atoms with van der Waals surface area (Å²) in [7, 11) is 0. The van der Waals surface area contributed by atoms with Crippen molar-refractivity contribution >= 4 is 0 Å². The highest BCUT2D eigenvalue weighted by Crippen LogP contribution is 2.32. The minimum Gasteiger partial charge on any atom is -0.311 e. The molecule has 0 radical (unpaired) electrons. The molecule has 0 saturated heterocycles. The second kappa shape index (κ2) is 6.12. The van der Waals surface area contributed by atoms with Crippen LogP contribution in [0.3, 0.4) is 0 Å². The van der Waals surface area contributed by atoms with Crippen LogP contribution in [0.25, 0.3) is 0 Å². The Morgan fingerprint density at radius 2 is 1.43 bits per heavy atom. The van der Waals surface area contributed by atoms with Crippen LogP contribution < -0.4 is 5.32 Å². The first-order valence-corrected chi connectivity index (χ1v) is 9.29. The Morgan fingerprint density at radius 3 is 2.29 bits per heavy atom.